The molecule has 3 aromatic rings. The lowest BCUT2D eigenvalue weighted by atomic mass is 9.93. The van der Waals surface area contributed by atoms with E-state index in [1.54, 1.807) is 32.5 Å². The van der Waals surface area contributed by atoms with Crippen LogP contribution >= 0.6 is 11.6 Å². The van der Waals surface area contributed by atoms with E-state index in [9.17, 15) is 4.79 Å². The van der Waals surface area contributed by atoms with Crippen LogP contribution in [-0.2, 0) is 17.9 Å². The van der Waals surface area contributed by atoms with E-state index in [1.807, 2.05) is 24.3 Å². The third kappa shape index (κ3) is 6.83. The van der Waals surface area contributed by atoms with Gasteiger partial charge in [0.2, 0.25) is 0 Å². The van der Waals surface area contributed by atoms with Gasteiger partial charge in [-0.1, -0.05) is 23.7 Å². The summed E-state index contributed by atoms with van der Waals surface area (Å²) in [7, 11) is 3.30. The molecule has 2 aromatic heterocycles. The van der Waals surface area contributed by atoms with E-state index >= 15 is 0 Å². The largest absolute Gasteiger partial charge is 0.495 e. The minimum absolute atomic E-state index is 0.0808. The number of carbonyl (C=O) groups excluding carboxylic acids is 1. The Hall–Kier alpha value is -3.43. The van der Waals surface area contributed by atoms with Crippen molar-refractivity contribution in [3.8, 4) is 11.8 Å². The molecule has 0 radical (unpaired) electrons. The SMILES string of the molecule is COc1ccc(CNc2nc(OCc3ccccn3)ncc2C(=O)NC2CCC(OC)CC2)cc1Cl. The Morgan fingerprint density at radius 1 is 1.11 bits per heavy atom. The Morgan fingerprint density at radius 2 is 1.94 bits per heavy atom. The van der Waals surface area contributed by atoms with Crippen molar-refractivity contribution in [3.05, 3.63) is 70.6 Å². The predicted octanol–water partition coefficient (Wildman–Crippen LogP) is 4.41. The maximum atomic E-state index is 13.2. The molecule has 2 heterocycles. The Kier molecular flexibility index (Phi) is 8.91. The highest BCUT2D eigenvalue weighted by Crippen LogP contribution is 2.26. The lowest BCUT2D eigenvalue weighted by Crippen LogP contribution is -2.39. The summed E-state index contributed by atoms with van der Waals surface area (Å²) in [6.07, 6.45) is 7.00. The number of aromatic nitrogens is 3. The van der Waals surface area contributed by atoms with Gasteiger partial charge in [0.15, 0.2) is 0 Å². The second kappa shape index (κ2) is 12.5. The molecule has 1 aliphatic rings. The maximum absolute atomic E-state index is 13.2. The number of ether oxygens (including phenoxy) is 3. The van der Waals surface area contributed by atoms with Crippen molar-refractivity contribution in [2.45, 2.75) is 51.0 Å². The van der Waals surface area contributed by atoms with Gasteiger partial charge in [0, 0.05) is 32.1 Å². The Morgan fingerprint density at radius 3 is 2.64 bits per heavy atom. The number of methoxy groups -OCH3 is 2. The van der Waals surface area contributed by atoms with Crippen molar-refractivity contribution >= 4 is 23.3 Å². The van der Waals surface area contributed by atoms with Gasteiger partial charge in [-0.2, -0.15) is 4.98 Å². The molecule has 0 aliphatic heterocycles. The van der Waals surface area contributed by atoms with Crippen LogP contribution in [-0.4, -0.2) is 47.2 Å². The molecule has 1 aliphatic carbocycles. The minimum atomic E-state index is -0.234. The zero-order valence-electron chi connectivity index (χ0n) is 20.4. The topological polar surface area (TPSA) is 107 Å². The van der Waals surface area contributed by atoms with Gasteiger partial charge in [0.25, 0.3) is 5.91 Å². The predicted molar refractivity (Wildman–Crippen MR) is 136 cm³/mol. The van der Waals surface area contributed by atoms with Crippen LogP contribution in [0.4, 0.5) is 5.82 Å². The van der Waals surface area contributed by atoms with Crippen LogP contribution in [0.5, 0.6) is 11.8 Å². The van der Waals surface area contributed by atoms with Gasteiger partial charge < -0.3 is 24.8 Å². The van der Waals surface area contributed by atoms with Crippen molar-refractivity contribution in [2.24, 2.45) is 0 Å². The average molecular weight is 512 g/mol. The fourth-order valence-corrected chi connectivity index (χ4v) is 4.35. The van der Waals surface area contributed by atoms with Crippen LogP contribution in [0.3, 0.4) is 0 Å². The molecule has 1 saturated carbocycles. The molecule has 10 heteroatoms. The number of hydrogen-bond donors (Lipinski definition) is 2. The number of pyridine rings is 1. The molecule has 0 unspecified atom stereocenters. The van der Waals surface area contributed by atoms with Crippen LogP contribution in [0, 0.1) is 0 Å². The number of hydrogen-bond acceptors (Lipinski definition) is 8. The molecule has 9 nitrogen and oxygen atoms in total. The molecule has 0 spiro atoms. The Bertz CT molecular complexity index is 1160. The summed E-state index contributed by atoms with van der Waals surface area (Å²) < 4.78 is 16.4. The third-order valence-electron chi connectivity index (χ3n) is 6.11. The van der Waals surface area contributed by atoms with Gasteiger partial charge in [0.05, 0.1) is 23.9 Å². The third-order valence-corrected chi connectivity index (χ3v) is 6.40. The van der Waals surface area contributed by atoms with Crippen molar-refractivity contribution in [1.82, 2.24) is 20.3 Å². The summed E-state index contributed by atoms with van der Waals surface area (Å²) in [5.74, 6) is 0.731. The number of halogens is 1. The summed E-state index contributed by atoms with van der Waals surface area (Å²) in [6, 6.07) is 11.3. The molecule has 4 rings (SSSR count). The number of nitrogens with zero attached hydrogens (tertiary/aromatic N) is 3. The molecule has 0 saturated heterocycles. The fourth-order valence-electron chi connectivity index (χ4n) is 4.07. The molecule has 190 valence electrons. The maximum Gasteiger partial charge on any atom is 0.318 e. The molecule has 0 atom stereocenters. The van der Waals surface area contributed by atoms with Crippen molar-refractivity contribution in [1.29, 1.82) is 0 Å². The van der Waals surface area contributed by atoms with E-state index in [-0.39, 0.29) is 30.7 Å². The first-order valence-electron chi connectivity index (χ1n) is 11.9. The Labute approximate surface area is 215 Å². The first kappa shape index (κ1) is 25.7. The zero-order valence-corrected chi connectivity index (χ0v) is 21.1. The summed E-state index contributed by atoms with van der Waals surface area (Å²) in [5, 5.41) is 6.86. The van der Waals surface area contributed by atoms with E-state index in [2.05, 4.69) is 25.6 Å². The number of carbonyl (C=O) groups is 1. The summed E-state index contributed by atoms with van der Waals surface area (Å²) in [4.78, 5) is 26.2. The van der Waals surface area contributed by atoms with Crippen molar-refractivity contribution in [3.63, 3.8) is 0 Å². The lowest BCUT2D eigenvalue weighted by Gasteiger charge is -2.28. The Balaban J connectivity index is 1.49. The monoisotopic (exact) mass is 511 g/mol. The van der Waals surface area contributed by atoms with Crippen molar-refractivity contribution in [2.75, 3.05) is 19.5 Å². The number of anilines is 1. The van der Waals surface area contributed by atoms with E-state index < -0.39 is 0 Å². The summed E-state index contributed by atoms with van der Waals surface area (Å²) in [6.45, 7) is 0.599. The average Bonchev–Trinajstić information content (AvgIpc) is 2.92. The highest BCUT2D eigenvalue weighted by Gasteiger charge is 2.24. The van der Waals surface area contributed by atoms with Crippen LogP contribution < -0.4 is 20.1 Å². The van der Waals surface area contributed by atoms with Crippen LogP contribution in [0.1, 0.15) is 47.3 Å². The summed E-state index contributed by atoms with van der Waals surface area (Å²) in [5.41, 5.74) is 1.99. The van der Waals surface area contributed by atoms with Gasteiger partial charge in [-0.05, 0) is 55.5 Å². The minimum Gasteiger partial charge on any atom is -0.495 e. The standard InChI is InChI=1S/C26H30ClN5O4/c1-34-20-9-7-18(8-10-20)31-25(33)21-15-30-26(36-16-19-5-3-4-12-28-19)32-24(21)29-14-17-6-11-23(35-2)22(27)13-17/h3-6,11-13,15,18,20H,7-10,14,16H2,1-2H3,(H,31,33)(H,29,30,32). The number of rotatable bonds is 10. The van der Waals surface area contributed by atoms with E-state index in [4.69, 9.17) is 25.8 Å². The molecule has 1 amide bonds. The normalized spacial score (nSPS) is 17.3. The molecule has 1 aromatic carbocycles. The summed E-state index contributed by atoms with van der Waals surface area (Å²) >= 11 is 6.27. The zero-order chi connectivity index (χ0) is 25.3. The first-order chi connectivity index (χ1) is 17.6. The smallest absolute Gasteiger partial charge is 0.318 e. The highest BCUT2D eigenvalue weighted by molar-refractivity contribution is 6.32. The molecular weight excluding hydrogens is 482 g/mol. The first-order valence-corrected chi connectivity index (χ1v) is 12.2. The number of nitrogens with one attached hydrogen (secondary N) is 2. The van der Waals surface area contributed by atoms with Gasteiger partial charge in [-0.25, -0.2) is 4.98 Å². The highest BCUT2D eigenvalue weighted by atomic mass is 35.5. The van der Waals surface area contributed by atoms with Gasteiger partial charge >= 0.3 is 6.01 Å². The van der Waals surface area contributed by atoms with E-state index in [0.29, 0.717) is 28.7 Å². The lowest BCUT2D eigenvalue weighted by molar-refractivity contribution is 0.0599. The van der Waals surface area contributed by atoms with Crippen LogP contribution in [0.2, 0.25) is 5.02 Å². The number of benzene rings is 1. The van der Waals surface area contributed by atoms with Gasteiger partial charge in [0.1, 0.15) is 23.7 Å². The van der Waals surface area contributed by atoms with Gasteiger partial charge in [-0.15, -0.1) is 0 Å². The van der Waals surface area contributed by atoms with E-state index in [0.717, 1.165) is 36.9 Å². The number of amides is 1. The van der Waals surface area contributed by atoms with Crippen molar-refractivity contribution < 1.29 is 19.0 Å². The van der Waals surface area contributed by atoms with E-state index in [1.165, 1.54) is 6.20 Å². The molecule has 36 heavy (non-hydrogen) atoms. The molecule has 1 fully saturated rings. The van der Waals surface area contributed by atoms with Crippen LogP contribution in [0.25, 0.3) is 0 Å². The van der Waals surface area contributed by atoms with Gasteiger partial charge in [-0.3, -0.25) is 9.78 Å². The fraction of sp³-hybridized carbons (Fsp3) is 0.385. The molecule has 2 N–H and O–H groups in total. The second-order valence-electron chi connectivity index (χ2n) is 8.53. The van der Waals surface area contributed by atoms with Crippen LogP contribution in [0.15, 0.2) is 48.8 Å². The second-order valence-corrected chi connectivity index (χ2v) is 8.94. The molecular formula is C26H30ClN5O4. The quantitative estimate of drug-likeness (QED) is 0.412. The molecule has 0 bridgehead atoms.